The van der Waals surface area contributed by atoms with Gasteiger partial charge < -0.3 is 20.1 Å². The first kappa shape index (κ1) is 17.7. The number of guanidine groups is 1. The largest absolute Gasteiger partial charge is 0.379 e. The quantitative estimate of drug-likeness (QED) is 0.402. The first-order chi connectivity index (χ1) is 11.3. The highest BCUT2D eigenvalue weighted by atomic mass is 16.5. The van der Waals surface area contributed by atoms with E-state index in [1.54, 1.807) is 0 Å². The number of hydrogen-bond acceptors (Lipinski definition) is 4. The van der Waals surface area contributed by atoms with Gasteiger partial charge in [-0.3, -0.25) is 9.67 Å². The molecule has 0 saturated carbocycles. The Balaban J connectivity index is 1.60. The zero-order valence-electron chi connectivity index (χ0n) is 14.3. The number of hydrogen-bond donors (Lipinski definition) is 2. The number of aromatic nitrogens is 2. The molecule has 7 heteroatoms. The average Bonchev–Trinajstić information content (AvgIpc) is 3.19. The summed E-state index contributed by atoms with van der Waals surface area (Å²) in [6, 6.07) is 0. The van der Waals surface area contributed by atoms with Crippen LogP contribution < -0.4 is 10.6 Å². The van der Waals surface area contributed by atoms with Crippen molar-refractivity contribution < 1.29 is 9.47 Å². The summed E-state index contributed by atoms with van der Waals surface area (Å²) in [5.41, 5.74) is 1.18. The Morgan fingerprint density at radius 1 is 1.52 bits per heavy atom. The molecule has 2 N–H and O–H groups in total. The normalized spacial score (nSPS) is 18.3. The molecule has 0 bridgehead atoms. The highest BCUT2D eigenvalue weighted by molar-refractivity contribution is 5.79. The zero-order valence-corrected chi connectivity index (χ0v) is 14.3. The number of nitrogens with zero attached hydrogens (tertiary/aromatic N) is 3. The second-order valence-corrected chi connectivity index (χ2v) is 5.68. The zero-order chi connectivity index (χ0) is 16.3. The third kappa shape index (κ3) is 7.00. The van der Waals surface area contributed by atoms with Crippen LogP contribution in [-0.4, -0.2) is 61.3 Å². The fourth-order valence-corrected chi connectivity index (χ4v) is 2.37. The first-order valence-corrected chi connectivity index (χ1v) is 8.48. The van der Waals surface area contributed by atoms with Gasteiger partial charge in [0, 0.05) is 39.0 Å². The first-order valence-electron chi connectivity index (χ1n) is 8.48. The standard InChI is InChI=1S/C16H29N5O2/c1-3-17-16(19-7-8-21-12-14(2)11-20-21)18-6-4-9-23-15-5-10-22-13-15/h11-12,15H,3-10,13H2,1-2H3,(H2,17,18,19). The molecule has 1 unspecified atom stereocenters. The van der Waals surface area contributed by atoms with Crippen LogP contribution in [0.15, 0.2) is 17.4 Å². The van der Waals surface area contributed by atoms with Gasteiger partial charge in [-0.15, -0.1) is 0 Å². The molecule has 0 aromatic carbocycles. The van der Waals surface area contributed by atoms with Crippen LogP contribution in [0.3, 0.4) is 0 Å². The van der Waals surface area contributed by atoms with Gasteiger partial charge in [-0.05, 0) is 32.3 Å². The van der Waals surface area contributed by atoms with Crippen LogP contribution in [0.5, 0.6) is 0 Å². The summed E-state index contributed by atoms with van der Waals surface area (Å²) in [4.78, 5) is 4.57. The number of aryl methyl sites for hydroxylation is 1. The van der Waals surface area contributed by atoms with E-state index in [-0.39, 0.29) is 6.10 Å². The fourth-order valence-electron chi connectivity index (χ4n) is 2.37. The van der Waals surface area contributed by atoms with Crippen molar-refractivity contribution in [2.75, 3.05) is 39.5 Å². The van der Waals surface area contributed by atoms with Gasteiger partial charge in [0.1, 0.15) is 0 Å². The molecule has 1 saturated heterocycles. The molecular formula is C16H29N5O2. The van der Waals surface area contributed by atoms with Crippen molar-refractivity contribution in [3.8, 4) is 0 Å². The van der Waals surface area contributed by atoms with Gasteiger partial charge >= 0.3 is 0 Å². The summed E-state index contributed by atoms with van der Waals surface area (Å²) < 4.78 is 13.0. The lowest BCUT2D eigenvalue weighted by molar-refractivity contribution is 0.0424. The molecule has 1 aromatic rings. The van der Waals surface area contributed by atoms with Gasteiger partial charge in [0.15, 0.2) is 5.96 Å². The van der Waals surface area contributed by atoms with Gasteiger partial charge in [-0.2, -0.15) is 5.10 Å². The highest BCUT2D eigenvalue weighted by Crippen LogP contribution is 2.08. The number of rotatable bonds is 9. The van der Waals surface area contributed by atoms with Crippen molar-refractivity contribution in [2.24, 2.45) is 4.99 Å². The van der Waals surface area contributed by atoms with Crippen LogP contribution in [0, 0.1) is 6.92 Å². The maximum atomic E-state index is 5.74. The van der Waals surface area contributed by atoms with Crippen LogP contribution in [-0.2, 0) is 16.0 Å². The molecule has 1 atom stereocenters. The van der Waals surface area contributed by atoms with E-state index in [0.29, 0.717) is 0 Å². The highest BCUT2D eigenvalue weighted by Gasteiger charge is 2.15. The molecule has 2 rings (SSSR count). The van der Waals surface area contributed by atoms with Crippen molar-refractivity contribution >= 4 is 5.96 Å². The summed E-state index contributed by atoms with van der Waals surface area (Å²) in [6.45, 7) is 9.63. The van der Waals surface area contributed by atoms with Crippen molar-refractivity contribution in [3.63, 3.8) is 0 Å². The molecule has 1 aliphatic heterocycles. The summed E-state index contributed by atoms with van der Waals surface area (Å²) in [7, 11) is 0. The molecule has 0 aliphatic carbocycles. The van der Waals surface area contributed by atoms with Gasteiger partial charge in [-0.1, -0.05) is 0 Å². The van der Waals surface area contributed by atoms with Gasteiger partial charge in [0.2, 0.25) is 0 Å². The maximum absolute atomic E-state index is 5.74. The maximum Gasteiger partial charge on any atom is 0.191 e. The van der Waals surface area contributed by atoms with Crippen LogP contribution in [0.2, 0.25) is 0 Å². The summed E-state index contributed by atoms with van der Waals surface area (Å²) >= 11 is 0. The SMILES string of the molecule is CCNC(=NCCCOC1CCOC1)NCCn1cc(C)cn1. The Bertz CT molecular complexity index is 469. The lowest BCUT2D eigenvalue weighted by Gasteiger charge is -2.12. The summed E-state index contributed by atoms with van der Waals surface area (Å²) in [6.07, 6.45) is 6.12. The van der Waals surface area contributed by atoms with E-state index in [2.05, 4.69) is 27.6 Å². The van der Waals surface area contributed by atoms with Crippen molar-refractivity contribution in [1.29, 1.82) is 0 Å². The van der Waals surface area contributed by atoms with Gasteiger partial charge in [-0.25, -0.2) is 0 Å². The predicted molar refractivity (Wildman–Crippen MR) is 90.7 cm³/mol. The van der Waals surface area contributed by atoms with E-state index in [4.69, 9.17) is 9.47 Å². The number of nitrogens with one attached hydrogen (secondary N) is 2. The number of ether oxygens (including phenoxy) is 2. The molecule has 1 aliphatic rings. The Morgan fingerprint density at radius 2 is 2.43 bits per heavy atom. The molecular weight excluding hydrogens is 294 g/mol. The van der Waals surface area contributed by atoms with E-state index in [0.717, 1.165) is 64.8 Å². The molecule has 0 radical (unpaired) electrons. The minimum atomic E-state index is 0.280. The predicted octanol–water partition coefficient (Wildman–Crippen LogP) is 0.942. The smallest absolute Gasteiger partial charge is 0.191 e. The molecule has 23 heavy (non-hydrogen) atoms. The van der Waals surface area contributed by atoms with Crippen LogP contribution in [0.4, 0.5) is 0 Å². The summed E-state index contributed by atoms with van der Waals surface area (Å²) in [5, 5.41) is 10.9. The van der Waals surface area contributed by atoms with Crippen molar-refractivity contribution in [1.82, 2.24) is 20.4 Å². The lowest BCUT2D eigenvalue weighted by atomic mass is 10.3. The van der Waals surface area contributed by atoms with Crippen LogP contribution in [0.25, 0.3) is 0 Å². The van der Waals surface area contributed by atoms with Gasteiger partial charge in [0.25, 0.3) is 0 Å². The average molecular weight is 323 g/mol. The van der Waals surface area contributed by atoms with E-state index in [1.165, 1.54) is 5.56 Å². The van der Waals surface area contributed by atoms with E-state index < -0.39 is 0 Å². The van der Waals surface area contributed by atoms with E-state index >= 15 is 0 Å². The Morgan fingerprint density at radius 3 is 3.13 bits per heavy atom. The second kappa shape index (κ2) is 10.2. The van der Waals surface area contributed by atoms with Crippen LogP contribution >= 0.6 is 0 Å². The molecule has 1 aromatic heterocycles. The molecule has 2 heterocycles. The van der Waals surface area contributed by atoms with Crippen LogP contribution in [0.1, 0.15) is 25.3 Å². The lowest BCUT2D eigenvalue weighted by Crippen LogP contribution is -2.39. The van der Waals surface area contributed by atoms with Crippen molar-refractivity contribution in [2.45, 2.75) is 39.3 Å². The molecule has 0 spiro atoms. The van der Waals surface area contributed by atoms with Gasteiger partial charge in [0.05, 0.1) is 25.5 Å². The molecule has 130 valence electrons. The molecule has 1 fully saturated rings. The second-order valence-electron chi connectivity index (χ2n) is 5.68. The fraction of sp³-hybridized carbons (Fsp3) is 0.750. The Kier molecular flexibility index (Phi) is 7.89. The van der Waals surface area contributed by atoms with Crippen molar-refractivity contribution in [3.05, 3.63) is 18.0 Å². The minimum Gasteiger partial charge on any atom is -0.379 e. The third-order valence-corrected chi connectivity index (χ3v) is 3.55. The molecule has 0 amide bonds. The van der Waals surface area contributed by atoms with E-state index in [1.807, 2.05) is 24.0 Å². The Hall–Kier alpha value is -1.60. The Labute approximate surface area is 138 Å². The topological polar surface area (TPSA) is 72.7 Å². The number of aliphatic imine (C=N–C) groups is 1. The monoisotopic (exact) mass is 323 g/mol. The minimum absolute atomic E-state index is 0.280. The molecule has 7 nitrogen and oxygen atoms in total. The summed E-state index contributed by atoms with van der Waals surface area (Å²) in [5.74, 6) is 0.848. The third-order valence-electron chi connectivity index (χ3n) is 3.55. The van der Waals surface area contributed by atoms with E-state index in [9.17, 15) is 0 Å².